The van der Waals surface area contributed by atoms with Crippen LogP contribution in [-0.2, 0) is 4.79 Å². The van der Waals surface area contributed by atoms with Crippen LogP contribution in [0.25, 0.3) is 6.08 Å². The van der Waals surface area contributed by atoms with Crippen LogP contribution in [-0.4, -0.2) is 17.5 Å². The van der Waals surface area contributed by atoms with E-state index >= 15 is 0 Å². The van der Waals surface area contributed by atoms with Gasteiger partial charge in [0.1, 0.15) is 11.5 Å². The average Bonchev–Trinajstić information content (AvgIpc) is 2.55. The maximum atomic E-state index is 11.9. The first-order chi connectivity index (χ1) is 11.5. The molecule has 2 aromatic carbocycles. The molecule has 0 aliphatic carbocycles. The van der Waals surface area contributed by atoms with Crippen molar-refractivity contribution in [3.05, 3.63) is 68.7 Å². The molecule has 0 N–H and O–H groups in total. The maximum Gasteiger partial charge on any atom is 0.336 e. The molecular weight excluding hydrogens is 378 g/mol. The van der Waals surface area contributed by atoms with Crippen LogP contribution in [0.5, 0.6) is 11.5 Å². The number of nitro groups is 1. The van der Waals surface area contributed by atoms with Gasteiger partial charge < -0.3 is 9.47 Å². The zero-order chi connectivity index (χ0) is 17.5. The van der Waals surface area contributed by atoms with E-state index in [-0.39, 0.29) is 11.4 Å². The van der Waals surface area contributed by atoms with Crippen molar-refractivity contribution in [3.63, 3.8) is 0 Å². The van der Waals surface area contributed by atoms with Crippen molar-refractivity contribution in [1.29, 1.82) is 0 Å². The summed E-state index contributed by atoms with van der Waals surface area (Å²) in [5.74, 6) is 0.292. The summed E-state index contributed by atoms with van der Waals surface area (Å²) in [6.07, 6.45) is 2.86. The smallest absolute Gasteiger partial charge is 0.336 e. The Morgan fingerprint density at radius 2 is 1.96 bits per heavy atom. The number of halogens is 1. The molecule has 0 unspecified atom stereocenters. The predicted molar refractivity (Wildman–Crippen MR) is 93.1 cm³/mol. The second-order valence-electron chi connectivity index (χ2n) is 4.62. The first-order valence-electron chi connectivity index (χ1n) is 7.06. The number of hydrogen-bond donors (Lipinski definition) is 0. The molecule has 124 valence electrons. The second kappa shape index (κ2) is 8.26. The average molecular weight is 392 g/mol. The van der Waals surface area contributed by atoms with Crippen molar-refractivity contribution in [2.75, 3.05) is 6.61 Å². The van der Waals surface area contributed by atoms with E-state index in [1.165, 1.54) is 30.3 Å². The third-order valence-electron chi connectivity index (χ3n) is 2.94. The number of non-ortho nitro benzene ring substituents is 1. The lowest BCUT2D eigenvalue weighted by atomic mass is 10.2. The zero-order valence-corrected chi connectivity index (χ0v) is 14.4. The van der Waals surface area contributed by atoms with Crippen LogP contribution in [0.4, 0.5) is 5.69 Å². The molecular formula is C17H14BrNO5. The molecule has 0 spiro atoms. The summed E-state index contributed by atoms with van der Waals surface area (Å²) in [7, 11) is 0. The normalized spacial score (nSPS) is 10.6. The SMILES string of the molecule is CCOc1ccc(Br)cc1/C=C/C(=O)Oc1ccc([N+](=O)[O-])cc1. The van der Waals surface area contributed by atoms with Crippen molar-refractivity contribution in [2.45, 2.75) is 6.92 Å². The van der Waals surface area contributed by atoms with E-state index in [2.05, 4.69) is 15.9 Å². The highest BCUT2D eigenvalue weighted by molar-refractivity contribution is 9.10. The minimum atomic E-state index is -0.591. The fraction of sp³-hybridized carbons (Fsp3) is 0.118. The monoisotopic (exact) mass is 391 g/mol. The first kappa shape index (κ1) is 17.7. The molecule has 0 aliphatic rings. The van der Waals surface area contributed by atoms with Crippen molar-refractivity contribution >= 4 is 33.7 Å². The number of nitro benzene ring substituents is 1. The number of benzene rings is 2. The molecule has 0 amide bonds. The Morgan fingerprint density at radius 3 is 2.58 bits per heavy atom. The molecule has 0 saturated heterocycles. The van der Waals surface area contributed by atoms with Gasteiger partial charge >= 0.3 is 5.97 Å². The summed E-state index contributed by atoms with van der Waals surface area (Å²) in [5.41, 5.74) is 0.660. The molecule has 24 heavy (non-hydrogen) atoms. The zero-order valence-electron chi connectivity index (χ0n) is 12.8. The van der Waals surface area contributed by atoms with Crippen LogP contribution in [0.1, 0.15) is 12.5 Å². The standard InChI is InChI=1S/C17H14BrNO5/c1-2-23-16-9-4-13(18)11-12(16)3-10-17(20)24-15-7-5-14(6-8-15)19(21)22/h3-11H,2H2,1H3/b10-3+. The van der Waals surface area contributed by atoms with Gasteiger partial charge in [-0.05, 0) is 43.3 Å². The van der Waals surface area contributed by atoms with Crippen LogP contribution >= 0.6 is 15.9 Å². The Balaban J connectivity index is 2.07. The summed E-state index contributed by atoms with van der Waals surface area (Å²) in [6.45, 7) is 2.38. The van der Waals surface area contributed by atoms with Gasteiger partial charge in [-0.15, -0.1) is 0 Å². The van der Waals surface area contributed by atoms with Gasteiger partial charge in [0.15, 0.2) is 0 Å². The van der Waals surface area contributed by atoms with Crippen LogP contribution in [0.15, 0.2) is 53.0 Å². The topological polar surface area (TPSA) is 78.7 Å². The fourth-order valence-corrected chi connectivity index (χ4v) is 2.26. The molecule has 2 aromatic rings. The lowest BCUT2D eigenvalue weighted by molar-refractivity contribution is -0.384. The number of esters is 1. The largest absolute Gasteiger partial charge is 0.493 e. The molecule has 0 atom stereocenters. The second-order valence-corrected chi connectivity index (χ2v) is 5.54. The molecule has 7 heteroatoms. The molecule has 0 heterocycles. The van der Waals surface area contributed by atoms with E-state index in [9.17, 15) is 14.9 Å². The molecule has 0 aromatic heterocycles. The third-order valence-corrected chi connectivity index (χ3v) is 3.43. The highest BCUT2D eigenvalue weighted by Gasteiger charge is 2.07. The van der Waals surface area contributed by atoms with Gasteiger partial charge in [0.05, 0.1) is 11.5 Å². The summed E-state index contributed by atoms with van der Waals surface area (Å²) >= 11 is 3.37. The Bertz CT molecular complexity index is 771. The van der Waals surface area contributed by atoms with Gasteiger partial charge in [0.25, 0.3) is 5.69 Å². The molecule has 0 radical (unpaired) electrons. The highest BCUT2D eigenvalue weighted by atomic mass is 79.9. The van der Waals surface area contributed by atoms with Gasteiger partial charge in [0, 0.05) is 28.2 Å². The van der Waals surface area contributed by atoms with E-state index < -0.39 is 10.9 Å². The lowest BCUT2D eigenvalue weighted by Gasteiger charge is -2.07. The molecule has 0 saturated carbocycles. The third kappa shape index (κ3) is 4.92. The Hall–Kier alpha value is -2.67. The number of rotatable bonds is 6. The molecule has 2 rings (SSSR count). The number of nitrogens with zero attached hydrogens (tertiary/aromatic N) is 1. The minimum Gasteiger partial charge on any atom is -0.493 e. The first-order valence-corrected chi connectivity index (χ1v) is 7.85. The number of carbonyl (C=O) groups excluding carboxylic acids is 1. The summed E-state index contributed by atoms with van der Waals surface area (Å²) in [5, 5.41) is 10.6. The van der Waals surface area contributed by atoms with Crippen molar-refractivity contribution in [2.24, 2.45) is 0 Å². The quantitative estimate of drug-likeness (QED) is 0.240. The highest BCUT2D eigenvalue weighted by Crippen LogP contribution is 2.25. The molecule has 6 nitrogen and oxygen atoms in total. The Labute approximate surface area is 147 Å². The van der Waals surface area contributed by atoms with Gasteiger partial charge in [-0.25, -0.2) is 4.79 Å². The summed E-state index contributed by atoms with van der Waals surface area (Å²) < 4.78 is 11.4. The minimum absolute atomic E-state index is 0.0687. The van der Waals surface area contributed by atoms with Gasteiger partial charge in [-0.2, -0.15) is 0 Å². The van der Waals surface area contributed by atoms with E-state index in [4.69, 9.17) is 9.47 Å². The number of hydrogen-bond acceptors (Lipinski definition) is 5. The maximum absolute atomic E-state index is 11.9. The van der Waals surface area contributed by atoms with Gasteiger partial charge in [-0.1, -0.05) is 15.9 Å². The van der Waals surface area contributed by atoms with E-state index in [0.29, 0.717) is 12.4 Å². The molecule has 0 aliphatic heterocycles. The summed E-state index contributed by atoms with van der Waals surface area (Å²) in [6, 6.07) is 10.7. The molecule has 0 fully saturated rings. The van der Waals surface area contributed by atoms with Crippen LogP contribution in [0.3, 0.4) is 0 Å². The van der Waals surface area contributed by atoms with Crippen LogP contribution in [0, 0.1) is 10.1 Å². The molecule has 0 bridgehead atoms. The Morgan fingerprint density at radius 1 is 1.25 bits per heavy atom. The van der Waals surface area contributed by atoms with Gasteiger partial charge in [-0.3, -0.25) is 10.1 Å². The Kier molecular flexibility index (Phi) is 6.08. The van der Waals surface area contributed by atoms with Crippen molar-refractivity contribution < 1.29 is 19.2 Å². The van der Waals surface area contributed by atoms with Crippen molar-refractivity contribution in [1.82, 2.24) is 0 Å². The summed E-state index contributed by atoms with van der Waals surface area (Å²) in [4.78, 5) is 21.9. The van der Waals surface area contributed by atoms with Gasteiger partial charge in [0.2, 0.25) is 0 Å². The fourth-order valence-electron chi connectivity index (χ4n) is 1.88. The number of ether oxygens (including phenoxy) is 2. The van der Waals surface area contributed by atoms with Crippen molar-refractivity contribution in [3.8, 4) is 11.5 Å². The lowest BCUT2D eigenvalue weighted by Crippen LogP contribution is -2.03. The van der Waals surface area contributed by atoms with E-state index in [1.807, 2.05) is 19.1 Å². The number of carbonyl (C=O) groups is 1. The van der Waals surface area contributed by atoms with E-state index in [1.54, 1.807) is 12.1 Å². The van der Waals surface area contributed by atoms with Crippen LogP contribution < -0.4 is 9.47 Å². The van der Waals surface area contributed by atoms with E-state index in [0.717, 1.165) is 10.0 Å². The van der Waals surface area contributed by atoms with Crippen LogP contribution in [0.2, 0.25) is 0 Å². The predicted octanol–water partition coefficient (Wildman–Crippen LogP) is 4.37.